The molecule has 1 unspecified atom stereocenters. The average Bonchev–Trinajstić information content (AvgIpc) is 2.40. The van der Waals surface area contributed by atoms with E-state index in [9.17, 15) is 0 Å². The molecule has 1 aliphatic heterocycles. The molecule has 1 aromatic rings. The molecular weight excluding hydrogens is 210 g/mol. The molecule has 0 aromatic carbocycles. The molecule has 2 heterocycles. The van der Waals surface area contributed by atoms with Crippen LogP contribution in [0.5, 0.6) is 0 Å². The van der Waals surface area contributed by atoms with E-state index in [-0.39, 0.29) is 0 Å². The summed E-state index contributed by atoms with van der Waals surface area (Å²) in [6.45, 7) is 5.85. The third-order valence-corrected chi connectivity index (χ3v) is 3.67. The normalized spacial score (nSPS) is 21.4. The van der Waals surface area contributed by atoms with Crippen LogP contribution in [-0.2, 0) is 6.54 Å². The van der Waals surface area contributed by atoms with Gasteiger partial charge in [0.15, 0.2) is 0 Å². The van der Waals surface area contributed by atoms with Gasteiger partial charge in [0.1, 0.15) is 5.82 Å². The van der Waals surface area contributed by atoms with E-state index in [1.54, 1.807) is 0 Å². The zero-order chi connectivity index (χ0) is 12.1. The average molecular weight is 233 g/mol. The maximum Gasteiger partial charge on any atom is 0.125 e. The van der Waals surface area contributed by atoms with Crippen molar-refractivity contribution in [2.45, 2.75) is 32.7 Å². The summed E-state index contributed by atoms with van der Waals surface area (Å²) in [6, 6.07) is 4.23. The van der Waals surface area contributed by atoms with Gasteiger partial charge in [-0.3, -0.25) is 4.90 Å². The molecule has 0 radical (unpaired) electrons. The Hall–Kier alpha value is -1.09. The van der Waals surface area contributed by atoms with Gasteiger partial charge in [-0.15, -0.1) is 0 Å². The Morgan fingerprint density at radius 1 is 1.47 bits per heavy atom. The van der Waals surface area contributed by atoms with E-state index < -0.39 is 0 Å². The Bertz CT molecular complexity index is 334. The van der Waals surface area contributed by atoms with E-state index in [2.05, 4.69) is 34.3 Å². The van der Waals surface area contributed by atoms with Gasteiger partial charge in [0.05, 0.1) is 0 Å². The summed E-state index contributed by atoms with van der Waals surface area (Å²) in [5, 5.41) is 3.05. The van der Waals surface area contributed by atoms with Crippen LogP contribution < -0.4 is 5.32 Å². The van der Waals surface area contributed by atoms with Crippen LogP contribution >= 0.6 is 0 Å². The fraction of sp³-hybridized carbons (Fsp3) is 0.643. The topological polar surface area (TPSA) is 28.2 Å². The second-order valence-corrected chi connectivity index (χ2v) is 4.95. The highest BCUT2D eigenvalue weighted by Gasteiger charge is 2.18. The van der Waals surface area contributed by atoms with Crippen molar-refractivity contribution in [3.63, 3.8) is 0 Å². The van der Waals surface area contributed by atoms with Crippen LogP contribution in [0, 0.1) is 5.92 Å². The van der Waals surface area contributed by atoms with Crippen LogP contribution in [0.15, 0.2) is 18.3 Å². The van der Waals surface area contributed by atoms with Gasteiger partial charge >= 0.3 is 0 Å². The molecule has 0 saturated carbocycles. The van der Waals surface area contributed by atoms with E-state index in [4.69, 9.17) is 0 Å². The summed E-state index contributed by atoms with van der Waals surface area (Å²) in [4.78, 5) is 6.93. The Morgan fingerprint density at radius 2 is 2.35 bits per heavy atom. The lowest BCUT2D eigenvalue weighted by atomic mass is 9.95. The fourth-order valence-corrected chi connectivity index (χ4v) is 2.55. The van der Waals surface area contributed by atoms with Crippen LogP contribution in [0.3, 0.4) is 0 Å². The van der Waals surface area contributed by atoms with Gasteiger partial charge < -0.3 is 5.32 Å². The molecule has 94 valence electrons. The van der Waals surface area contributed by atoms with E-state index >= 15 is 0 Å². The van der Waals surface area contributed by atoms with Gasteiger partial charge in [-0.25, -0.2) is 4.98 Å². The molecule has 1 aromatic heterocycles. The minimum atomic E-state index is 0.897. The van der Waals surface area contributed by atoms with Crippen LogP contribution in [0.1, 0.15) is 31.7 Å². The smallest absolute Gasteiger partial charge is 0.125 e. The summed E-state index contributed by atoms with van der Waals surface area (Å²) < 4.78 is 0. The number of anilines is 1. The molecule has 0 bridgehead atoms. The molecule has 1 saturated heterocycles. The number of nitrogens with zero attached hydrogens (tertiary/aromatic N) is 2. The molecule has 3 heteroatoms. The lowest BCUT2D eigenvalue weighted by molar-refractivity contribution is 0.164. The predicted molar refractivity (Wildman–Crippen MR) is 72.1 cm³/mol. The second kappa shape index (κ2) is 6.01. The Morgan fingerprint density at radius 3 is 3.00 bits per heavy atom. The first kappa shape index (κ1) is 12.4. The highest BCUT2D eigenvalue weighted by molar-refractivity contribution is 5.34. The Labute approximate surface area is 104 Å². The van der Waals surface area contributed by atoms with E-state index in [1.807, 2.05) is 13.2 Å². The minimum absolute atomic E-state index is 0.897. The fourth-order valence-electron chi connectivity index (χ4n) is 2.55. The standard InChI is InChI=1S/C14H23N3/c1-3-12-5-4-8-17(10-12)11-13-6-7-14(15-2)16-9-13/h6-7,9,12H,3-5,8,10-11H2,1-2H3,(H,15,16). The quantitative estimate of drug-likeness (QED) is 0.866. The van der Waals surface area contributed by atoms with Crippen molar-refractivity contribution in [1.29, 1.82) is 0 Å². The summed E-state index contributed by atoms with van der Waals surface area (Å²) >= 11 is 0. The number of likely N-dealkylation sites (tertiary alicyclic amines) is 1. The number of hydrogen-bond donors (Lipinski definition) is 1. The Balaban J connectivity index is 1.90. The van der Waals surface area contributed by atoms with Crippen molar-refractivity contribution >= 4 is 5.82 Å². The monoisotopic (exact) mass is 233 g/mol. The van der Waals surface area contributed by atoms with Crippen LogP contribution in [0.25, 0.3) is 0 Å². The maximum atomic E-state index is 4.36. The molecule has 0 amide bonds. The van der Waals surface area contributed by atoms with Crippen LogP contribution in [0.4, 0.5) is 5.82 Å². The van der Waals surface area contributed by atoms with Crippen molar-refractivity contribution in [2.75, 3.05) is 25.5 Å². The lowest BCUT2D eigenvalue weighted by Crippen LogP contribution is -2.34. The summed E-state index contributed by atoms with van der Waals surface area (Å²) in [5.74, 6) is 1.84. The second-order valence-electron chi connectivity index (χ2n) is 4.95. The van der Waals surface area contributed by atoms with Gasteiger partial charge in [0, 0.05) is 26.3 Å². The lowest BCUT2D eigenvalue weighted by Gasteiger charge is -2.32. The third kappa shape index (κ3) is 3.43. The zero-order valence-electron chi connectivity index (χ0n) is 10.9. The minimum Gasteiger partial charge on any atom is -0.373 e. The summed E-state index contributed by atoms with van der Waals surface area (Å²) in [7, 11) is 1.90. The van der Waals surface area contributed by atoms with E-state index in [0.717, 1.165) is 18.3 Å². The molecule has 1 atom stereocenters. The third-order valence-electron chi connectivity index (χ3n) is 3.67. The first-order chi connectivity index (χ1) is 8.31. The molecule has 0 spiro atoms. The molecule has 2 rings (SSSR count). The SMILES string of the molecule is CCC1CCCN(Cc2ccc(NC)nc2)C1. The number of nitrogens with one attached hydrogen (secondary N) is 1. The number of aromatic nitrogens is 1. The molecule has 0 aliphatic carbocycles. The number of hydrogen-bond acceptors (Lipinski definition) is 3. The molecule has 1 fully saturated rings. The van der Waals surface area contributed by atoms with Gasteiger partial charge in [0.25, 0.3) is 0 Å². The Kier molecular flexibility index (Phi) is 4.37. The number of piperidine rings is 1. The van der Waals surface area contributed by atoms with Crippen LogP contribution in [-0.4, -0.2) is 30.0 Å². The number of pyridine rings is 1. The molecule has 1 aliphatic rings. The number of rotatable bonds is 4. The first-order valence-electron chi connectivity index (χ1n) is 6.67. The predicted octanol–water partition coefficient (Wildman–Crippen LogP) is 2.75. The van der Waals surface area contributed by atoms with E-state index in [1.165, 1.54) is 37.9 Å². The first-order valence-corrected chi connectivity index (χ1v) is 6.67. The van der Waals surface area contributed by atoms with Crippen molar-refractivity contribution in [2.24, 2.45) is 5.92 Å². The van der Waals surface area contributed by atoms with Gasteiger partial charge in [0.2, 0.25) is 0 Å². The summed E-state index contributed by atoms with van der Waals surface area (Å²) in [6.07, 6.45) is 6.05. The van der Waals surface area contributed by atoms with Crippen molar-refractivity contribution in [3.8, 4) is 0 Å². The molecule has 1 N–H and O–H groups in total. The van der Waals surface area contributed by atoms with Crippen LogP contribution in [0.2, 0.25) is 0 Å². The highest BCUT2D eigenvalue weighted by Crippen LogP contribution is 2.20. The highest BCUT2D eigenvalue weighted by atomic mass is 15.1. The molecular formula is C14H23N3. The van der Waals surface area contributed by atoms with Gasteiger partial charge in [-0.1, -0.05) is 19.4 Å². The molecule has 17 heavy (non-hydrogen) atoms. The molecule has 3 nitrogen and oxygen atoms in total. The maximum absolute atomic E-state index is 4.36. The van der Waals surface area contributed by atoms with E-state index in [0.29, 0.717) is 0 Å². The van der Waals surface area contributed by atoms with Crippen molar-refractivity contribution in [1.82, 2.24) is 9.88 Å². The van der Waals surface area contributed by atoms with Crippen molar-refractivity contribution < 1.29 is 0 Å². The van der Waals surface area contributed by atoms with Crippen molar-refractivity contribution in [3.05, 3.63) is 23.9 Å². The largest absolute Gasteiger partial charge is 0.373 e. The zero-order valence-corrected chi connectivity index (χ0v) is 10.9. The summed E-state index contributed by atoms with van der Waals surface area (Å²) in [5.41, 5.74) is 1.32. The van der Waals surface area contributed by atoms with Gasteiger partial charge in [-0.2, -0.15) is 0 Å². The van der Waals surface area contributed by atoms with Gasteiger partial charge in [-0.05, 0) is 36.9 Å².